The maximum Gasteiger partial charge on any atom is 0.258 e. The lowest BCUT2D eigenvalue weighted by atomic mass is 10.1. The van der Waals surface area contributed by atoms with Crippen LogP contribution in [0.2, 0.25) is 0 Å². The summed E-state index contributed by atoms with van der Waals surface area (Å²) in [4.78, 5) is 14.1. The molecule has 116 valence electrons. The fourth-order valence-corrected chi connectivity index (χ4v) is 5.32. The summed E-state index contributed by atoms with van der Waals surface area (Å²) in [6, 6.07) is 5.08. The van der Waals surface area contributed by atoms with Crippen LogP contribution < -0.4 is 4.74 Å². The molecule has 0 spiro atoms. The number of methoxy groups -OCH3 is 1. The molecule has 1 amide bonds. The number of thioether (sulfide) groups is 1. The summed E-state index contributed by atoms with van der Waals surface area (Å²) in [5.74, 6) is 1.26. The zero-order valence-corrected chi connectivity index (χ0v) is 14.9. The van der Waals surface area contributed by atoms with E-state index in [2.05, 4.69) is 15.9 Å². The summed E-state index contributed by atoms with van der Waals surface area (Å²) in [6.07, 6.45) is 1.17. The fourth-order valence-electron chi connectivity index (χ4n) is 2.16. The van der Waals surface area contributed by atoms with Crippen molar-refractivity contribution in [2.45, 2.75) is 5.37 Å². The number of benzene rings is 1. The predicted molar refractivity (Wildman–Crippen MR) is 87.7 cm³/mol. The summed E-state index contributed by atoms with van der Waals surface area (Å²) < 4.78 is 29.8. The van der Waals surface area contributed by atoms with Gasteiger partial charge in [0.15, 0.2) is 9.84 Å². The number of hydrogen-bond acceptors (Lipinski definition) is 5. The Bertz CT molecular complexity index is 648. The molecule has 0 bridgehead atoms. The maximum atomic E-state index is 12.7. The van der Waals surface area contributed by atoms with Crippen molar-refractivity contribution in [3.8, 4) is 5.75 Å². The van der Waals surface area contributed by atoms with Crippen LogP contribution in [0.1, 0.15) is 10.4 Å². The number of ether oxygens (including phenoxy) is 1. The number of hydrogen-bond donors (Lipinski definition) is 0. The molecule has 1 heterocycles. The second-order valence-electron chi connectivity index (χ2n) is 4.70. The van der Waals surface area contributed by atoms with Gasteiger partial charge >= 0.3 is 0 Å². The molecule has 0 aliphatic carbocycles. The van der Waals surface area contributed by atoms with Gasteiger partial charge in [-0.3, -0.25) is 4.79 Å². The van der Waals surface area contributed by atoms with Crippen LogP contribution in [0, 0.1) is 0 Å². The van der Waals surface area contributed by atoms with Crippen LogP contribution in [0.25, 0.3) is 0 Å². The van der Waals surface area contributed by atoms with E-state index in [1.807, 2.05) is 0 Å². The molecule has 5 nitrogen and oxygen atoms in total. The van der Waals surface area contributed by atoms with Crippen LogP contribution in [0.3, 0.4) is 0 Å². The summed E-state index contributed by atoms with van der Waals surface area (Å²) in [5, 5.41) is -0.780. The third-order valence-corrected chi connectivity index (χ3v) is 6.37. The Labute approximate surface area is 137 Å². The topological polar surface area (TPSA) is 63.7 Å². The molecule has 1 aromatic carbocycles. The van der Waals surface area contributed by atoms with Crippen molar-refractivity contribution in [1.29, 1.82) is 0 Å². The van der Waals surface area contributed by atoms with Crippen LogP contribution in [0.4, 0.5) is 0 Å². The standard InChI is InChI=1S/C13H16BrNO4S2/c1-19-11-7-9(14)3-4-10(11)13(16)15-5-6-20-8-12(15)21(2,17)18/h3-4,7,12H,5-6,8H2,1-2H3. The lowest BCUT2D eigenvalue weighted by Gasteiger charge is -2.34. The van der Waals surface area contributed by atoms with Crippen molar-refractivity contribution in [3.05, 3.63) is 28.2 Å². The second kappa shape index (κ2) is 6.58. The highest BCUT2D eigenvalue weighted by molar-refractivity contribution is 9.10. The number of sulfone groups is 1. The first kappa shape index (κ1) is 16.6. The molecule has 1 saturated heterocycles. The van der Waals surface area contributed by atoms with Gasteiger partial charge in [-0.15, -0.1) is 0 Å². The minimum atomic E-state index is -3.32. The molecule has 2 rings (SSSR count). The SMILES string of the molecule is COc1cc(Br)ccc1C(=O)N1CCSCC1S(C)(=O)=O. The van der Waals surface area contributed by atoms with E-state index in [1.54, 1.807) is 30.0 Å². The fraction of sp³-hybridized carbons (Fsp3) is 0.462. The minimum Gasteiger partial charge on any atom is -0.496 e. The Hall–Kier alpha value is -0.730. The molecule has 0 saturated carbocycles. The summed E-state index contributed by atoms with van der Waals surface area (Å²) in [7, 11) is -1.84. The first-order valence-corrected chi connectivity index (χ1v) is 10.2. The van der Waals surface area contributed by atoms with Crippen LogP contribution in [-0.2, 0) is 9.84 Å². The van der Waals surface area contributed by atoms with E-state index in [9.17, 15) is 13.2 Å². The van der Waals surface area contributed by atoms with E-state index in [0.717, 1.165) is 10.2 Å². The van der Waals surface area contributed by atoms with Gasteiger partial charge in [0, 0.05) is 28.8 Å². The second-order valence-corrected chi connectivity index (χ2v) is 8.97. The Morgan fingerprint density at radius 3 is 2.81 bits per heavy atom. The zero-order valence-electron chi connectivity index (χ0n) is 11.7. The lowest BCUT2D eigenvalue weighted by Crippen LogP contribution is -2.49. The van der Waals surface area contributed by atoms with Crippen LogP contribution in [0.5, 0.6) is 5.75 Å². The van der Waals surface area contributed by atoms with Crippen LogP contribution >= 0.6 is 27.7 Å². The van der Waals surface area contributed by atoms with E-state index in [1.165, 1.54) is 18.3 Å². The molecule has 1 aliphatic rings. The van der Waals surface area contributed by atoms with Crippen LogP contribution in [-0.4, -0.2) is 56.0 Å². The Balaban J connectivity index is 2.38. The van der Waals surface area contributed by atoms with Gasteiger partial charge in [0.2, 0.25) is 0 Å². The van der Waals surface area contributed by atoms with Crippen molar-refractivity contribution in [2.24, 2.45) is 0 Å². The van der Waals surface area contributed by atoms with E-state index in [4.69, 9.17) is 4.74 Å². The molecule has 8 heteroatoms. The van der Waals surface area contributed by atoms with E-state index in [0.29, 0.717) is 23.6 Å². The van der Waals surface area contributed by atoms with E-state index < -0.39 is 15.2 Å². The number of rotatable bonds is 3. The Kier molecular flexibility index (Phi) is 5.21. The lowest BCUT2D eigenvalue weighted by molar-refractivity contribution is 0.0746. The number of halogens is 1. The van der Waals surface area contributed by atoms with Crippen LogP contribution in [0.15, 0.2) is 22.7 Å². The van der Waals surface area contributed by atoms with Crippen molar-refractivity contribution in [2.75, 3.05) is 31.4 Å². The average molecular weight is 394 g/mol. The molecule has 0 N–H and O–H groups in total. The molecule has 0 aromatic heterocycles. The van der Waals surface area contributed by atoms with Gasteiger partial charge in [-0.05, 0) is 18.2 Å². The van der Waals surface area contributed by atoms with E-state index in [-0.39, 0.29) is 5.91 Å². The summed E-state index contributed by atoms with van der Waals surface area (Å²) in [6.45, 7) is 0.417. The number of carbonyl (C=O) groups is 1. The van der Waals surface area contributed by atoms with Gasteiger partial charge in [0.05, 0.1) is 12.7 Å². The van der Waals surface area contributed by atoms with Crippen molar-refractivity contribution in [1.82, 2.24) is 4.90 Å². The van der Waals surface area contributed by atoms with Gasteiger partial charge < -0.3 is 9.64 Å². The number of amides is 1. The molecular weight excluding hydrogens is 378 g/mol. The van der Waals surface area contributed by atoms with E-state index >= 15 is 0 Å². The quantitative estimate of drug-likeness (QED) is 0.785. The monoisotopic (exact) mass is 393 g/mol. The highest BCUT2D eigenvalue weighted by atomic mass is 79.9. The predicted octanol–water partition coefficient (Wildman–Crippen LogP) is 2.02. The molecule has 1 atom stereocenters. The van der Waals surface area contributed by atoms with Gasteiger partial charge in [0.1, 0.15) is 11.1 Å². The minimum absolute atomic E-state index is 0.310. The first-order chi connectivity index (χ1) is 9.84. The van der Waals surface area contributed by atoms with Gasteiger partial charge in [-0.2, -0.15) is 11.8 Å². The van der Waals surface area contributed by atoms with Gasteiger partial charge in [-0.1, -0.05) is 15.9 Å². The molecule has 1 aliphatic heterocycles. The molecule has 1 unspecified atom stereocenters. The first-order valence-electron chi connectivity index (χ1n) is 6.25. The molecular formula is C13H16BrNO4S2. The zero-order chi connectivity index (χ0) is 15.6. The molecule has 21 heavy (non-hydrogen) atoms. The summed E-state index contributed by atoms with van der Waals surface area (Å²) >= 11 is 4.87. The third kappa shape index (κ3) is 3.73. The maximum absolute atomic E-state index is 12.7. The normalized spacial score (nSPS) is 19.4. The Morgan fingerprint density at radius 2 is 2.19 bits per heavy atom. The van der Waals surface area contributed by atoms with Gasteiger partial charge in [0.25, 0.3) is 5.91 Å². The number of carbonyl (C=O) groups excluding carboxylic acids is 1. The molecule has 1 fully saturated rings. The largest absolute Gasteiger partial charge is 0.496 e. The Morgan fingerprint density at radius 1 is 1.48 bits per heavy atom. The molecule has 0 radical (unpaired) electrons. The highest BCUT2D eigenvalue weighted by Crippen LogP contribution is 2.28. The van der Waals surface area contributed by atoms with Gasteiger partial charge in [-0.25, -0.2) is 8.42 Å². The molecule has 1 aromatic rings. The average Bonchev–Trinajstić information content (AvgIpc) is 2.45. The van der Waals surface area contributed by atoms with Crippen molar-refractivity contribution in [3.63, 3.8) is 0 Å². The third-order valence-electron chi connectivity index (χ3n) is 3.23. The van der Waals surface area contributed by atoms with Crippen molar-refractivity contribution < 1.29 is 17.9 Å². The highest BCUT2D eigenvalue weighted by Gasteiger charge is 2.35. The summed E-state index contributed by atoms with van der Waals surface area (Å²) in [5.41, 5.74) is 0.376. The smallest absolute Gasteiger partial charge is 0.258 e. The number of nitrogens with zero attached hydrogens (tertiary/aromatic N) is 1. The van der Waals surface area contributed by atoms with Crippen molar-refractivity contribution >= 4 is 43.4 Å².